The summed E-state index contributed by atoms with van der Waals surface area (Å²) in [5.74, 6) is 2.25. The van der Waals surface area contributed by atoms with E-state index in [1.54, 1.807) is 44.0 Å². The lowest BCUT2D eigenvalue weighted by Gasteiger charge is -2.11. The molecule has 0 aliphatic rings. The Morgan fingerprint density at radius 2 is 1.82 bits per heavy atom. The quantitative estimate of drug-likeness (QED) is 0.770. The van der Waals surface area contributed by atoms with Gasteiger partial charge in [-0.15, -0.1) is 15.3 Å². The van der Waals surface area contributed by atoms with Gasteiger partial charge in [-0.2, -0.15) is 4.52 Å². The summed E-state index contributed by atoms with van der Waals surface area (Å²) >= 11 is 0. The summed E-state index contributed by atoms with van der Waals surface area (Å²) in [5, 5.41) is 15.5. The van der Waals surface area contributed by atoms with E-state index in [-0.39, 0.29) is 0 Å². The van der Waals surface area contributed by atoms with E-state index >= 15 is 0 Å². The zero-order chi connectivity index (χ0) is 15.5. The molecule has 3 rings (SSSR count). The Balaban J connectivity index is 1.99. The smallest absolute Gasteiger partial charge is 0.250 e. The number of fused-ring (bicyclic) bond motifs is 1. The summed E-state index contributed by atoms with van der Waals surface area (Å²) in [5.41, 5.74) is 1.33. The zero-order valence-corrected chi connectivity index (χ0v) is 12.4. The maximum absolute atomic E-state index is 5.35. The van der Waals surface area contributed by atoms with Gasteiger partial charge in [0.05, 0.1) is 27.0 Å². The predicted octanol–water partition coefficient (Wildman–Crippen LogP) is 1.89. The Morgan fingerprint density at radius 1 is 0.955 bits per heavy atom. The largest absolute Gasteiger partial charge is 0.497 e. The van der Waals surface area contributed by atoms with Gasteiger partial charge in [0.15, 0.2) is 5.65 Å². The van der Waals surface area contributed by atoms with Gasteiger partial charge in [-0.3, -0.25) is 0 Å². The van der Waals surface area contributed by atoms with Crippen molar-refractivity contribution in [3.63, 3.8) is 0 Å². The third-order valence-electron chi connectivity index (χ3n) is 3.10. The second-order valence-electron chi connectivity index (χ2n) is 4.36. The minimum atomic E-state index is 0.456. The molecule has 0 bridgehead atoms. The van der Waals surface area contributed by atoms with Crippen molar-refractivity contribution in [1.29, 1.82) is 0 Å². The van der Waals surface area contributed by atoms with Gasteiger partial charge in [0, 0.05) is 12.1 Å². The average molecular weight is 301 g/mol. The Labute approximate surface area is 126 Å². The van der Waals surface area contributed by atoms with Crippen LogP contribution in [0.3, 0.4) is 0 Å². The second-order valence-corrected chi connectivity index (χ2v) is 4.36. The predicted molar refractivity (Wildman–Crippen MR) is 80.2 cm³/mol. The SMILES string of the molecule is COc1ccc(Nc2nnc3ccc(OC)nn23)c(OC)c1. The van der Waals surface area contributed by atoms with Gasteiger partial charge in [0.25, 0.3) is 5.95 Å². The molecule has 1 aromatic carbocycles. The van der Waals surface area contributed by atoms with E-state index in [1.165, 1.54) is 0 Å². The highest BCUT2D eigenvalue weighted by Crippen LogP contribution is 2.31. The summed E-state index contributed by atoms with van der Waals surface area (Å²) in [7, 11) is 4.74. The molecule has 0 saturated heterocycles. The van der Waals surface area contributed by atoms with Crippen LogP contribution in [0.1, 0.15) is 0 Å². The number of ether oxygens (including phenoxy) is 3. The lowest BCUT2D eigenvalue weighted by Crippen LogP contribution is -2.02. The molecule has 0 spiro atoms. The molecule has 0 fully saturated rings. The fourth-order valence-electron chi connectivity index (χ4n) is 1.98. The van der Waals surface area contributed by atoms with Crippen LogP contribution in [0.2, 0.25) is 0 Å². The molecule has 0 radical (unpaired) electrons. The number of hydrogen-bond acceptors (Lipinski definition) is 7. The number of methoxy groups -OCH3 is 3. The van der Waals surface area contributed by atoms with Crippen LogP contribution in [0, 0.1) is 0 Å². The highest BCUT2D eigenvalue weighted by Gasteiger charge is 2.11. The first-order chi connectivity index (χ1) is 10.7. The Morgan fingerprint density at radius 3 is 2.55 bits per heavy atom. The lowest BCUT2D eigenvalue weighted by molar-refractivity contribution is 0.390. The third kappa shape index (κ3) is 2.46. The average Bonchev–Trinajstić information content (AvgIpc) is 2.97. The molecule has 0 aliphatic heterocycles. The molecule has 0 unspecified atom stereocenters. The molecule has 8 heteroatoms. The van der Waals surface area contributed by atoms with Crippen molar-refractivity contribution in [3.8, 4) is 17.4 Å². The van der Waals surface area contributed by atoms with E-state index in [9.17, 15) is 0 Å². The van der Waals surface area contributed by atoms with Crippen molar-refractivity contribution in [2.75, 3.05) is 26.6 Å². The maximum atomic E-state index is 5.35. The van der Waals surface area contributed by atoms with E-state index in [4.69, 9.17) is 14.2 Å². The van der Waals surface area contributed by atoms with Crippen molar-refractivity contribution in [2.24, 2.45) is 0 Å². The summed E-state index contributed by atoms with van der Waals surface area (Å²) in [6, 6.07) is 8.93. The zero-order valence-electron chi connectivity index (χ0n) is 12.4. The molecule has 114 valence electrons. The highest BCUT2D eigenvalue weighted by molar-refractivity contribution is 5.65. The van der Waals surface area contributed by atoms with Crippen molar-refractivity contribution >= 4 is 17.3 Å². The van der Waals surface area contributed by atoms with E-state index in [2.05, 4.69) is 20.6 Å². The topological polar surface area (TPSA) is 82.8 Å². The van der Waals surface area contributed by atoms with Gasteiger partial charge >= 0.3 is 0 Å². The lowest BCUT2D eigenvalue weighted by atomic mass is 10.2. The molecule has 0 aliphatic carbocycles. The third-order valence-corrected chi connectivity index (χ3v) is 3.10. The molecule has 3 aromatic rings. The van der Waals surface area contributed by atoms with Gasteiger partial charge in [-0.05, 0) is 18.2 Å². The highest BCUT2D eigenvalue weighted by atomic mass is 16.5. The Bertz CT molecular complexity index is 802. The van der Waals surface area contributed by atoms with Gasteiger partial charge in [0.2, 0.25) is 5.88 Å². The van der Waals surface area contributed by atoms with Crippen molar-refractivity contribution in [3.05, 3.63) is 30.3 Å². The van der Waals surface area contributed by atoms with Crippen LogP contribution in [0.15, 0.2) is 30.3 Å². The molecule has 2 aromatic heterocycles. The fourth-order valence-corrected chi connectivity index (χ4v) is 1.98. The van der Waals surface area contributed by atoms with E-state index in [0.29, 0.717) is 29.0 Å². The number of nitrogens with one attached hydrogen (secondary N) is 1. The number of hydrogen-bond donors (Lipinski definition) is 1. The standard InChI is InChI=1S/C14H15N5O3/c1-20-9-4-5-10(11(8-9)21-2)15-14-17-16-12-6-7-13(22-3)18-19(12)14/h4-8H,1-3H3,(H,15,17). The van der Waals surface area contributed by atoms with Crippen molar-refractivity contribution in [1.82, 2.24) is 19.8 Å². The fraction of sp³-hybridized carbons (Fsp3) is 0.214. The summed E-state index contributed by atoms with van der Waals surface area (Å²) in [6.45, 7) is 0. The van der Waals surface area contributed by atoms with Crippen LogP contribution in [-0.2, 0) is 0 Å². The number of rotatable bonds is 5. The van der Waals surface area contributed by atoms with Crippen LogP contribution in [0.4, 0.5) is 11.6 Å². The van der Waals surface area contributed by atoms with Crippen molar-refractivity contribution < 1.29 is 14.2 Å². The van der Waals surface area contributed by atoms with Gasteiger partial charge in [0.1, 0.15) is 11.5 Å². The molecular weight excluding hydrogens is 286 g/mol. The maximum Gasteiger partial charge on any atom is 0.250 e. The van der Waals surface area contributed by atoms with E-state index < -0.39 is 0 Å². The first kappa shape index (κ1) is 13.9. The monoisotopic (exact) mass is 301 g/mol. The molecule has 22 heavy (non-hydrogen) atoms. The van der Waals surface area contributed by atoms with Gasteiger partial charge in [-0.1, -0.05) is 0 Å². The second kappa shape index (κ2) is 5.76. The van der Waals surface area contributed by atoms with Gasteiger partial charge in [-0.25, -0.2) is 0 Å². The minimum Gasteiger partial charge on any atom is -0.497 e. The first-order valence-corrected chi connectivity index (χ1v) is 6.50. The molecule has 1 N–H and O–H groups in total. The number of aromatic nitrogens is 4. The van der Waals surface area contributed by atoms with Crippen LogP contribution in [0.5, 0.6) is 17.4 Å². The van der Waals surface area contributed by atoms with Crippen LogP contribution in [-0.4, -0.2) is 41.1 Å². The normalized spacial score (nSPS) is 10.5. The molecule has 2 heterocycles. The molecule has 0 atom stereocenters. The molecule has 0 saturated carbocycles. The van der Waals surface area contributed by atoms with Crippen LogP contribution in [0.25, 0.3) is 5.65 Å². The van der Waals surface area contributed by atoms with Crippen molar-refractivity contribution in [2.45, 2.75) is 0 Å². The minimum absolute atomic E-state index is 0.456. The summed E-state index contributed by atoms with van der Waals surface area (Å²) < 4.78 is 17.2. The number of benzene rings is 1. The summed E-state index contributed by atoms with van der Waals surface area (Å²) in [6.07, 6.45) is 0. The van der Waals surface area contributed by atoms with Crippen LogP contribution < -0.4 is 19.5 Å². The number of nitrogens with zero attached hydrogens (tertiary/aromatic N) is 4. The summed E-state index contributed by atoms with van der Waals surface area (Å²) in [4.78, 5) is 0. The Hall–Kier alpha value is -3.03. The van der Waals surface area contributed by atoms with Crippen LogP contribution >= 0.6 is 0 Å². The van der Waals surface area contributed by atoms with Gasteiger partial charge < -0.3 is 19.5 Å². The first-order valence-electron chi connectivity index (χ1n) is 6.50. The molecule has 0 amide bonds. The van der Waals surface area contributed by atoms with E-state index in [0.717, 1.165) is 5.69 Å². The van der Waals surface area contributed by atoms with E-state index in [1.807, 2.05) is 12.1 Å². The molecular formula is C14H15N5O3. The molecule has 8 nitrogen and oxygen atoms in total. The Kier molecular flexibility index (Phi) is 3.65. The number of anilines is 2.